The molecule has 0 spiro atoms. The number of carboxylic acids is 1. The molecule has 4 heteroatoms. The molecule has 116 valence electrons. The zero-order valence-corrected chi connectivity index (χ0v) is 12.9. The van der Waals surface area contributed by atoms with Gasteiger partial charge in [-0.1, -0.05) is 51.0 Å². The number of rotatable bonds is 9. The number of benzene rings is 1. The molecule has 0 aliphatic carbocycles. The lowest BCUT2D eigenvalue weighted by Gasteiger charge is -2.14. The van der Waals surface area contributed by atoms with E-state index >= 15 is 0 Å². The molecule has 1 rings (SSSR count). The van der Waals surface area contributed by atoms with Crippen LogP contribution in [0.4, 0.5) is 0 Å². The number of unbranched alkanes of at least 4 members (excludes halogenated alkanes) is 1. The van der Waals surface area contributed by atoms with Crippen LogP contribution in [0.1, 0.15) is 50.7 Å². The van der Waals surface area contributed by atoms with Crippen LogP contribution in [-0.2, 0) is 22.4 Å². The first-order valence-corrected chi connectivity index (χ1v) is 7.66. The summed E-state index contributed by atoms with van der Waals surface area (Å²) in [5, 5.41) is 11.7. The van der Waals surface area contributed by atoms with E-state index in [1.807, 2.05) is 19.1 Å². The third-order valence-corrected chi connectivity index (χ3v) is 3.55. The van der Waals surface area contributed by atoms with Gasteiger partial charge in [0.25, 0.3) is 0 Å². The molecule has 1 aromatic rings. The van der Waals surface area contributed by atoms with E-state index in [0.29, 0.717) is 19.3 Å². The number of amides is 1. The smallest absolute Gasteiger partial charge is 0.326 e. The van der Waals surface area contributed by atoms with Gasteiger partial charge in [-0.2, -0.15) is 0 Å². The number of aryl methyl sites for hydroxylation is 2. The number of carbonyl (C=O) groups is 2. The van der Waals surface area contributed by atoms with Gasteiger partial charge in [0.2, 0.25) is 5.91 Å². The highest BCUT2D eigenvalue weighted by atomic mass is 16.4. The minimum absolute atomic E-state index is 0.196. The van der Waals surface area contributed by atoms with Crippen molar-refractivity contribution in [3.8, 4) is 0 Å². The average molecular weight is 291 g/mol. The van der Waals surface area contributed by atoms with E-state index in [9.17, 15) is 9.59 Å². The van der Waals surface area contributed by atoms with Crippen molar-refractivity contribution in [1.29, 1.82) is 0 Å². The molecule has 4 nitrogen and oxygen atoms in total. The van der Waals surface area contributed by atoms with Gasteiger partial charge in [-0.15, -0.1) is 0 Å². The second kappa shape index (κ2) is 9.16. The minimum Gasteiger partial charge on any atom is -0.480 e. The second-order valence-electron chi connectivity index (χ2n) is 5.27. The van der Waals surface area contributed by atoms with Crippen LogP contribution in [0, 0.1) is 0 Å². The molecule has 1 amide bonds. The first kappa shape index (κ1) is 17.2. The topological polar surface area (TPSA) is 66.4 Å². The zero-order valence-electron chi connectivity index (χ0n) is 12.9. The van der Waals surface area contributed by atoms with E-state index in [1.165, 1.54) is 5.56 Å². The van der Waals surface area contributed by atoms with Crippen molar-refractivity contribution in [2.45, 2.75) is 58.4 Å². The molecule has 0 saturated heterocycles. The molecule has 0 heterocycles. The fourth-order valence-electron chi connectivity index (χ4n) is 2.13. The van der Waals surface area contributed by atoms with Gasteiger partial charge in [0.1, 0.15) is 6.04 Å². The van der Waals surface area contributed by atoms with Crippen LogP contribution in [0.3, 0.4) is 0 Å². The summed E-state index contributed by atoms with van der Waals surface area (Å²) in [5.74, 6) is -1.15. The monoisotopic (exact) mass is 291 g/mol. The Morgan fingerprint density at radius 1 is 1.14 bits per heavy atom. The lowest BCUT2D eigenvalue weighted by atomic mass is 10.1. The van der Waals surface area contributed by atoms with Crippen molar-refractivity contribution in [1.82, 2.24) is 5.32 Å². The molecule has 0 unspecified atom stereocenters. The molecule has 0 aromatic heterocycles. The zero-order chi connectivity index (χ0) is 15.7. The Morgan fingerprint density at radius 2 is 1.76 bits per heavy atom. The summed E-state index contributed by atoms with van der Waals surface area (Å²) >= 11 is 0. The summed E-state index contributed by atoms with van der Waals surface area (Å²) in [6.45, 7) is 4.10. The van der Waals surface area contributed by atoms with Crippen LogP contribution in [0.25, 0.3) is 0 Å². The predicted octanol–water partition coefficient (Wildman–Crippen LogP) is 2.94. The first-order valence-electron chi connectivity index (χ1n) is 7.66. The van der Waals surface area contributed by atoms with Crippen molar-refractivity contribution >= 4 is 11.9 Å². The standard InChI is InChI=1S/C17H25NO3/c1-3-5-6-15(17(20)21)18-16(19)12-11-14-9-7-13(4-2)8-10-14/h7-10,15H,3-6,11-12H2,1-2H3,(H,18,19)(H,20,21)/t15-/m0/s1. The average Bonchev–Trinajstić information content (AvgIpc) is 2.49. The maximum Gasteiger partial charge on any atom is 0.326 e. The number of hydrogen-bond acceptors (Lipinski definition) is 2. The second-order valence-corrected chi connectivity index (χ2v) is 5.27. The molecule has 2 N–H and O–H groups in total. The highest BCUT2D eigenvalue weighted by Gasteiger charge is 2.18. The summed E-state index contributed by atoms with van der Waals surface area (Å²) in [5.41, 5.74) is 2.37. The Bertz CT molecular complexity index is 454. The van der Waals surface area contributed by atoms with E-state index in [4.69, 9.17) is 5.11 Å². The fourth-order valence-corrected chi connectivity index (χ4v) is 2.13. The Morgan fingerprint density at radius 3 is 2.29 bits per heavy atom. The highest BCUT2D eigenvalue weighted by molar-refractivity contribution is 5.83. The van der Waals surface area contributed by atoms with Crippen LogP contribution in [0.2, 0.25) is 0 Å². The van der Waals surface area contributed by atoms with E-state index in [2.05, 4.69) is 24.4 Å². The maximum absolute atomic E-state index is 11.8. The predicted molar refractivity (Wildman–Crippen MR) is 83.2 cm³/mol. The first-order chi connectivity index (χ1) is 10.1. The van der Waals surface area contributed by atoms with Gasteiger partial charge in [0.05, 0.1) is 0 Å². The molecule has 0 aliphatic heterocycles. The molecule has 1 aromatic carbocycles. The number of carboxylic acid groups (broad SMARTS) is 1. The van der Waals surface area contributed by atoms with Gasteiger partial charge >= 0.3 is 5.97 Å². The number of nitrogens with one attached hydrogen (secondary N) is 1. The minimum atomic E-state index is -0.955. The van der Waals surface area contributed by atoms with Gasteiger partial charge < -0.3 is 10.4 Å². The molecule has 21 heavy (non-hydrogen) atoms. The molecular weight excluding hydrogens is 266 g/mol. The molecular formula is C17H25NO3. The largest absolute Gasteiger partial charge is 0.480 e. The van der Waals surface area contributed by atoms with Crippen molar-refractivity contribution in [2.75, 3.05) is 0 Å². The SMILES string of the molecule is CCCC[C@H](NC(=O)CCc1ccc(CC)cc1)C(=O)O. The van der Waals surface area contributed by atoms with Crippen molar-refractivity contribution in [3.05, 3.63) is 35.4 Å². The van der Waals surface area contributed by atoms with E-state index in [-0.39, 0.29) is 5.91 Å². The number of aliphatic carboxylic acids is 1. The third kappa shape index (κ3) is 6.43. The normalized spacial score (nSPS) is 11.9. The Kier molecular flexibility index (Phi) is 7.51. The van der Waals surface area contributed by atoms with Crippen LogP contribution in [-0.4, -0.2) is 23.0 Å². The van der Waals surface area contributed by atoms with E-state index in [0.717, 1.165) is 24.8 Å². The summed E-state index contributed by atoms with van der Waals surface area (Å²) < 4.78 is 0. The van der Waals surface area contributed by atoms with Crippen LogP contribution in [0.15, 0.2) is 24.3 Å². The number of carbonyl (C=O) groups excluding carboxylic acids is 1. The Hall–Kier alpha value is -1.84. The molecule has 0 bridgehead atoms. The van der Waals surface area contributed by atoms with Crippen LogP contribution in [0.5, 0.6) is 0 Å². The summed E-state index contributed by atoms with van der Waals surface area (Å²) in [6.07, 6.45) is 4.16. The van der Waals surface area contributed by atoms with Gasteiger partial charge in [0.15, 0.2) is 0 Å². The quantitative estimate of drug-likeness (QED) is 0.735. The molecule has 0 aliphatic rings. The summed E-state index contributed by atoms with van der Waals surface area (Å²) in [7, 11) is 0. The highest BCUT2D eigenvalue weighted by Crippen LogP contribution is 2.08. The van der Waals surface area contributed by atoms with Crippen molar-refractivity contribution in [2.24, 2.45) is 0 Å². The van der Waals surface area contributed by atoms with Gasteiger partial charge in [-0.25, -0.2) is 4.79 Å². The molecule has 0 saturated carbocycles. The molecule has 0 radical (unpaired) electrons. The summed E-state index contributed by atoms with van der Waals surface area (Å²) in [4.78, 5) is 22.9. The van der Waals surface area contributed by atoms with E-state index in [1.54, 1.807) is 0 Å². The van der Waals surface area contributed by atoms with Crippen LogP contribution < -0.4 is 5.32 Å². The van der Waals surface area contributed by atoms with Crippen molar-refractivity contribution in [3.63, 3.8) is 0 Å². The fraction of sp³-hybridized carbons (Fsp3) is 0.529. The Labute approximate surface area is 126 Å². The number of hydrogen-bond donors (Lipinski definition) is 2. The Balaban J connectivity index is 2.42. The molecule has 1 atom stereocenters. The molecule has 0 fully saturated rings. The van der Waals surface area contributed by atoms with Gasteiger partial charge in [-0.3, -0.25) is 4.79 Å². The van der Waals surface area contributed by atoms with E-state index < -0.39 is 12.0 Å². The van der Waals surface area contributed by atoms with Crippen molar-refractivity contribution < 1.29 is 14.7 Å². The van der Waals surface area contributed by atoms with Crippen LogP contribution >= 0.6 is 0 Å². The van der Waals surface area contributed by atoms with Gasteiger partial charge in [0, 0.05) is 6.42 Å². The maximum atomic E-state index is 11.8. The summed E-state index contributed by atoms with van der Waals surface area (Å²) in [6, 6.07) is 7.42. The third-order valence-electron chi connectivity index (χ3n) is 3.55. The lowest BCUT2D eigenvalue weighted by molar-refractivity contribution is -0.142. The van der Waals surface area contributed by atoms with Gasteiger partial charge in [-0.05, 0) is 30.4 Å². The lowest BCUT2D eigenvalue weighted by Crippen LogP contribution is -2.40.